The molecule has 3 aromatic carbocycles. The van der Waals surface area contributed by atoms with Crippen molar-refractivity contribution in [1.29, 1.82) is 0 Å². The maximum atomic E-state index is 11.4. The van der Waals surface area contributed by atoms with Crippen LogP contribution in [-0.2, 0) is 0 Å². The van der Waals surface area contributed by atoms with Gasteiger partial charge in [0.05, 0.1) is 10.5 Å². The maximum Gasteiger partial charge on any atom is 0.329 e. The molecule has 0 aliphatic carbocycles. The predicted octanol–water partition coefficient (Wildman–Crippen LogP) is 5.04. The first-order valence-electron chi connectivity index (χ1n) is 8.38. The lowest BCUT2D eigenvalue weighted by molar-refractivity contribution is -0.591. The van der Waals surface area contributed by atoms with Crippen LogP contribution >= 0.6 is 23.8 Å². The number of hydrogen-bond donors (Lipinski definition) is 1. The molecule has 0 saturated heterocycles. The molecule has 6 nitrogen and oxygen atoms in total. The first-order chi connectivity index (χ1) is 13.6. The molecule has 0 radical (unpaired) electrons. The van der Waals surface area contributed by atoms with E-state index in [-0.39, 0.29) is 10.7 Å². The van der Waals surface area contributed by atoms with Crippen LogP contribution in [0.2, 0.25) is 5.02 Å². The van der Waals surface area contributed by atoms with Gasteiger partial charge in [0, 0.05) is 6.07 Å². The molecule has 0 aliphatic rings. The van der Waals surface area contributed by atoms with Crippen LogP contribution in [0.15, 0.2) is 78.9 Å². The Kier molecular flexibility index (Phi) is 4.77. The zero-order chi connectivity index (χ0) is 19.7. The fraction of sp³-hybridized carbons (Fsp3) is 0. The zero-order valence-corrected chi connectivity index (χ0v) is 16.0. The normalized spacial score (nSPS) is 10.8. The molecular weight excluding hydrogens is 396 g/mol. The van der Waals surface area contributed by atoms with Crippen molar-refractivity contribution in [3.8, 4) is 22.8 Å². The zero-order valence-electron chi connectivity index (χ0n) is 14.4. The van der Waals surface area contributed by atoms with E-state index in [1.807, 2.05) is 69.9 Å². The summed E-state index contributed by atoms with van der Waals surface area (Å²) in [6, 6.07) is 23.9. The Morgan fingerprint density at radius 3 is 2.29 bits per heavy atom. The molecule has 1 aromatic heterocycles. The third kappa shape index (κ3) is 3.21. The van der Waals surface area contributed by atoms with Crippen molar-refractivity contribution in [3.05, 3.63) is 98.8 Å². The molecule has 0 saturated carbocycles. The molecule has 0 amide bonds. The SMILES string of the molecule is O=[N+]([O-])c1cc(-c2n(-c3ccccc3)[nH]c(=S)[n+]2-c2ccccc2)ccc1Cl. The molecule has 1 heterocycles. The predicted molar refractivity (Wildman–Crippen MR) is 110 cm³/mol. The number of hydrogen-bond acceptors (Lipinski definition) is 3. The third-order valence-electron chi connectivity index (χ3n) is 4.26. The van der Waals surface area contributed by atoms with Crippen LogP contribution in [0.25, 0.3) is 22.8 Å². The molecule has 0 atom stereocenters. The Morgan fingerprint density at radius 1 is 1.00 bits per heavy atom. The number of rotatable bonds is 4. The van der Waals surface area contributed by atoms with Gasteiger partial charge in [-0.15, -0.1) is 9.78 Å². The maximum absolute atomic E-state index is 11.4. The summed E-state index contributed by atoms with van der Waals surface area (Å²) in [6.45, 7) is 0. The molecule has 4 rings (SSSR count). The van der Waals surface area contributed by atoms with Crippen molar-refractivity contribution in [2.24, 2.45) is 0 Å². The van der Waals surface area contributed by atoms with Gasteiger partial charge in [-0.2, -0.15) is 4.57 Å². The Labute approximate surface area is 170 Å². The molecule has 0 aliphatic heterocycles. The number of nitrogens with zero attached hydrogens (tertiary/aromatic N) is 3. The number of aromatic nitrogens is 3. The minimum atomic E-state index is -0.493. The Bertz CT molecular complexity index is 1220. The number of H-pyrrole nitrogens is 1. The van der Waals surface area contributed by atoms with Crippen molar-refractivity contribution < 1.29 is 9.49 Å². The van der Waals surface area contributed by atoms with Crippen LogP contribution in [0.4, 0.5) is 5.69 Å². The van der Waals surface area contributed by atoms with Gasteiger partial charge in [-0.05, 0) is 48.6 Å². The summed E-state index contributed by atoms with van der Waals surface area (Å²) in [5, 5.41) is 14.7. The highest BCUT2D eigenvalue weighted by Crippen LogP contribution is 2.30. The Morgan fingerprint density at radius 2 is 1.64 bits per heavy atom. The van der Waals surface area contributed by atoms with E-state index in [9.17, 15) is 10.1 Å². The number of nitro benzene ring substituents is 1. The fourth-order valence-corrected chi connectivity index (χ4v) is 3.49. The van der Waals surface area contributed by atoms with E-state index >= 15 is 0 Å². The molecule has 0 bridgehead atoms. The second kappa shape index (κ2) is 7.38. The van der Waals surface area contributed by atoms with Crippen molar-refractivity contribution >= 4 is 29.5 Å². The molecule has 1 N–H and O–H groups in total. The highest BCUT2D eigenvalue weighted by molar-refractivity contribution is 7.71. The number of nitro groups is 1. The molecule has 0 fully saturated rings. The quantitative estimate of drug-likeness (QED) is 0.222. The van der Waals surface area contributed by atoms with Crippen LogP contribution in [0.1, 0.15) is 0 Å². The first kappa shape index (κ1) is 18.1. The van der Waals surface area contributed by atoms with Crippen molar-refractivity contribution in [2.45, 2.75) is 0 Å². The Balaban J connectivity index is 2.06. The number of halogens is 1. The average molecular weight is 410 g/mol. The molecule has 8 heteroatoms. The van der Waals surface area contributed by atoms with Gasteiger partial charge in [0.25, 0.3) is 11.5 Å². The smallest absolute Gasteiger partial charge is 0.258 e. The van der Waals surface area contributed by atoms with Gasteiger partial charge in [0.15, 0.2) is 0 Å². The second-order valence-electron chi connectivity index (χ2n) is 6.01. The summed E-state index contributed by atoms with van der Waals surface area (Å²) in [5.41, 5.74) is 2.13. The Hall–Kier alpha value is -3.29. The summed E-state index contributed by atoms with van der Waals surface area (Å²) in [6.07, 6.45) is 0. The molecule has 138 valence electrons. The van der Waals surface area contributed by atoms with Gasteiger partial charge in [-0.1, -0.05) is 48.0 Å². The number of aromatic amines is 1. The number of para-hydroxylation sites is 2. The summed E-state index contributed by atoms with van der Waals surface area (Å²) in [4.78, 5) is 10.9. The van der Waals surface area contributed by atoms with Gasteiger partial charge >= 0.3 is 4.77 Å². The van der Waals surface area contributed by atoms with Crippen LogP contribution in [0, 0.1) is 14.9 Å². The monoisotopic (exact) mass is 409 g/mol. The molecular formula is C20H14ClN4O2S+. The van der Waals surface area contributed by atoms with Crippen LogP contribution in [-0.4, -0.2) is 14.7 Å². The van der Waals surface area contributed by atoms with Gasteiger partial charge in [0.2, 0.25) is 0 Å². The van der Waals surface area contributed by atoms with E-state index in [0.717, 1.165) is 11.4 Å². The van der Waals surface area contributed by atoms with Gasteiger partial charge in [-0.3, -0.25) is 10.1 Å². The fourth-order valence-electron chi connectivity index (χ4n) is 3.03. The van der Waals surface area contributed by atoms with Crippen molar-refractivity contribution in [3.63, 3.8) is 0 Å². The van der Waals surface area contributed by atoms with Crippen LogP contribution in [0.3, 0.4) is 0 Å². The minimum absolute atomic E-state index is 0.0837. The summed E-state index contributed by atoms with van der Waals surface area (Å²) in [7, 11) is 0. The highest BCUT2D eigenvalue weighted by atomic mass is 35.5. The highest BCUT2D eigenvalue weighted by Gasteiger charge is 2.26. The average Bonchev–Trinajstić information content (AvgIpc) is 3.06. The van der Waals surface area contributed by atoms with Gasteiger partial charge in [-0.25, -0.2) is 0 Å². The largest absolute Gasteiger partial charge is 0.329 e. The lowest BCUT2D eigenvalue weighted by Crippen LogP contribution is -2.33. The molecule has 0 unspecified atom stereocenters. The molecule has 4 aromatic rings. The second-order valence-corrected chi connectivity index (χ2v) is 6.80. The van der Waals surface area contributed by atoms with E-state index in [4.69, 9.17) is 23.8 Å². The van der Waals surface area contributed by atoms with Crippen molar-refractivity contribution in [2.75, 3.05) is 0 Å². The van der Waals surface area contributed by atoms with Gasteiger partial charge in [0.1, 0.15) is 16.4 Å². The third-order valence-corrected chi connectivity index (χ3v) is 4.86. The van der Waals surface area contributed by atoms with Gasteiger partial charge < -0.3 is 0 Å². The summed E-state index contributed by atoms with van der Waals surface area (Å²) < 4.78 is 4.11. The topological polar surface area (TPSA) is 67.7 Å². The minimum Gasteiger partial charge on any atom is -0.258 e. The van der Waals surface area contributed by atoms with Crippen LogP contribution in [0.5, 0.6) is 0 Å². The van der Waals surface area contributed by atoms with Crippen molar-refractivity contribution in [1.82, 2.24) is 9.78 Å². The first-order valence-corrected chi connectivity index (χ1v) is 9.17. The number of benzene rings is 3. The van der Waals surface area contributed by atoms with E-state index in [0.29, 0.717) is 16.2 Å². The standard InChI is InChI=1S/C20H13ClN4O2S/c21-17-12-11-14(13-18(17)25(26)27)19-23(15-7-3-1-4-8-15)20(28)22-24(19)16-9-5-2-6-10-16/h1-13H/p+1. The van der Waals surface area contributed by atoms with E-state index in [1.54, 1.807) is 6.07 Å². The molecule has 0 spiro atoms. The summed E-state index contributed by atoms with van der Waals surface area (Å²) in [5.74, 6) is 0.655. The lowest BCUT2D eigenvalue weighted by atomic mass is 10.1. The molecule has 28 heavy (non-hydrogen) atoms. The number of nitrogens with one attached hydrogen (secondary N) is 1. The summed E-state index contributed by atoms with van der Waals surface area (Å²) >= 11 is 11.6. The van der Waals surface area contributed by atoms with E-state index in [2.05, 4.69) is 5.10 Å². The lowest BCUT2D eigenvalue weighted by Gasteiger charge is -2.06. The van der Waals surface area contributed by atoms with E-state index in [1.165, 1.54) is 12.1 Å². The van der Waals surface area contributed by atoms with E-state index < -0.39 is 4.92 Å². The van der Waals surface area contributed by atoms with Crippen LogP contribution < -0.4 is 4.57 Å².